The summed E-state index contributed by atoms with van der Waals surface area (Å²) in [4.78, 5) is 16.3. The summed E-state index contributed by atoms with van der Waals surface area (Å²) >= 11 is 11.9. The van der Waals surface area contributed by atoms with Crippen molar-refractivity contribution in [1.29, 1.82) is 0 Å². The van der Waals surface area contributed by atoms with Crippen LogP contribution in [0, 0.1) is 0 Å². The Morgan fingerprint density at radius 3 is 2.56 bits per heavy atom. The van der Waals surface area contributed by atoms with E-state index in [9.17, 15) is 4.79 Å². The van der Waals surface area contributed by atoms with Crippen LogP contribution < -0.4 is 14.8 Å². The second kappa shape index (κ2) is 9.26. The summed E-state index contributed by atoms with van der Waals surface area (Å²) in [6.07, 6.45) is 1.57. The highest BCUT2D eigenvalue weighted by molar-refractivity contribution is 6.35. The van der Waals surface area contributed by atoms with Crippen LogP contribution in [0.1, 0.15) is 5.56 Å². The van der Waals surface area contributed by atoms with Gasteiger partial charge in [-0.1, -0.05) is 53.5 Å². The average Bonchev–Trinajstić information content (AvgIpc) is 2.67. The molecule has 7 heteroatoms. The van der Waals surface area contributed by atoms with Gasteiger partial charge in [-0.3, -0.25) is 4.79 Å². The highest BCUT2D eigenvalue weighted by Gasteiger charge is 2.11. The number of hydrogen-bond donors (Lipinski definition) is 1. The van der Waals surface area contributed by atoms with E-state index in [0.717, 1.165) is 5.56 Å². The molecule has 1 heterocycles. The number of aromatic nitrogens is 1. The van der Waals surface area contributed by atoms with Crippen molar-refractivity contribution in [2.75, 3.05) is 11.9 Å². The molecular formula is C20H16Cl2N2O3. The van der Waals surface area contributed by atoms with Crippen LogP contribution >= 0.6 is 23.2 Å². The van der Waals surface area contributed by atoms with Gasteiger partial charge in [0.15, 0.2) is 18.2 Å². The SMILES string of the molecule is O=C(COc1ccc(Cl)cc1Cl)Nc1ncccc1OCc1ccccc1. The fourth-order valence-corrected chi connectivity index (χ4v) is 2.70. The number of anilines is 1. The maximum absolute atomic E-state index is 12.2. The molecule has 1 N–H and O–H groups in total. The topological polar surface area (TPSA) is 60.5 Å². The third-order valence-electron chi connectivity index (χ3n) is 3.52. The van der Waals surface area contributed by atoms with Gasteiger partial charge in [-0.15, -0.1) is 0 Å². The minimum atomic E-state index is -0.385. The van der Waals surface area contributed by atoms with Gasteiger partial charge in [-0.25, -0.2) is 4.98 Å². The lowest BCUT2D eigenvalue weighted by atomic mass is 10.2. The monoisotopic (exact) mass is 402 g/mol. The van der Waals surface area contributed by atoms with Gasteiger partial charge in [-0.2, -0.15) is 0 Å². The Hall–Kier alpha value is -2.76. The predicted octanol–water partition coefficient (Wildman–Crippen LogP) is 4.98. The maximum Gasteiger partial charge on any atom is 0.263 e. The zero-order chi connectivity index (χ0) is 19.1. The Morgan fingerprint density at radius 1 is 0.963 bits per heavy atom. The summed E-state index contributed by atoms with van der Waals surface area (Å²) in [6.45, 7) is 0.141. The lowest BCUT2D eigenvalue weighted by molar-refractivity contribution is -0.118. The molecule has 3 aromatic rings. The number of carbonyl (C=O) groups is 1. The summed E-state index contributed by atoms with van der Waals surface area (Å²) in [5.41, 5.74) is 1.01. The van der Waals surface area contributed by atoms with Crippen molar-refractivity contribution >= 4 is 34.9 Å². The Morgan fingerprint density at radius 2 is 1.78 bits per heavy atom. The third kappa shape index (κ3) is 5.61. The average molecular weight is 403 g/mol. The first-order chi connectivity index (χ1) is 13.1. The lowest BCUT2D eigenvalue weighted by Gasteiger charge is -2.12. The van der Waals surface area contributed by atoms with E-state index in [0.29, 0.717) is 34.0 Å². The lowest BCUT2D eigenvalue weighted by Crippen LogP contribution is -2.21. The molecule has 0 unspecified atom stereocenters. The van der Waals surface area contributed by atoms with Gasteiger partial charge in [0.2, 0.25) is 0 Å². The number of benzene rings is 2. The van der Waals surface area contributed by atoms with Crippen molar-refractivity contribution in [3.8, 4) is 11.5 Å². The fourth-order valence-electron chi connectivity index (χ4n) is 2.24. The first-order valence-corrected chi connectivity index (χ1v) is 8.87. The van der Waals surface area contributed by atoms with E-state index in [4.69, 9.17) is 32.7 Å². The van der Waals surface area contributed by atoms with Crippen LogP contribution in [-0.4, -0.2) is 17.5 Å². The Labute approximate surface area is 166 Å². The van der Waals surface area contributed by atoms with Crippen molar-refractivity contribution in [3.05, 3.63) is 82.5 Å². The Bertz CT molecular complexity index is 920. The summed E-state index contributed by atoms with van der Waals surface area (Å²) in [5.74, 6) is 0.783. The fraction of sp³-hybridized carbons (Fsp3) is 0.100. The second-order valence-electron chi connectivity index (χ2n) is 5.54. The molecule has 5 nitrogen and oxygen atoms in total. The molecule has 0 fully saturated rings. The molecule has 1 amide bonds. The summed E-state index contributed by atoms with van der Waals surface area (Å²) < 4.78 is 11.2. The normalized spacial score (nSPS) is 10.3. The van der Waals surface area contributed by atoms with Gasteiger partial charge >= 0.3 is 0 Å². The number of amides is 1. The van der Waals surface area contributed by atoms with Crippen molar-refractivity contribution in [1.82, 2.24) is 4.98 Å². The Kier molecular flexibility index (Phi) is 6.52. The number of nitrogens with zero attached hydrogens (tertiary/aromatic N) is 1. The molecule has 0 spiro atoms. The molecular weight excluding hydrogens is 387 g/mol. The van der Waals surface area contributed by atoms with Gasteiger partial charge in [-0.05, 0) is 35.9 Å². The molecule has 0 aliphatic rings. The molecule has 0 saturated carbocycles. The molecule has 27 heavy (non-hydrogen) atoms. The minimum Gasteiger partial charge on any atom is -0.485 e. The van der Waals surface area contributed by atoms with E-state index >= 15 is 0 Å². The maximum atomic E-state index is 12.2. The Balaban J connectivity index is 1.59. The van der Waals surface area contributed by atoms with Crippen LogP contribution in [0.3, 0.4) is 0 Å². The summed E-state index contributed by atoms with van der Waals surface area (Å²) in [6, 6.07) is 18.0. The van der Waals surface area contributed by atoms with Crippen LogP contribution in [0.15, 0.2) is 66.9 Å². The van der Waals surface area contributed by atoms with Crippen LogP contribution in [0.25, 0.3) is 0 Å². The first-order valence-electron chi connectivity index (χ1n) is 8.11. The minimum absolute atomic E-state index is 0.226. The zero-order valence-electron chi connectivity index (χ0n) is 14.2. The first kappa shape index (κ1) is 19.0. The molecule has 138 valence electrons. The van der Waals surface area contributed by atoms with Crippen molar-refractivity contribution in [3.63, 3.8) is 0 Å². The van der Waals surface area contributed by atoms with Crippen molar-refractivity contribution in [2.24, 2.45) is 0 Å². The van der Waals surface area contributed by atoms with Gasteiger partial charge in [0, 0.05) is 11.2 Å². The zero-order valence-corrected chi connectivity index (χ0v) is 15.7. The summed E-state index contributed by atoms with van der Waals surface area (Å²) in [5, 5.41) is 3.50. The number of nitrogens with one attached hydrogen (secondary N) is 1. The van der Waals surface area contributed by atoms with E-state index in [1.165, 1.54) is 0 Å². The van der Waals surface area contributed by atoms with E-state index < -0.39 is 0 Å². The largest absolute Gasteiger partial charge is 0.485 e. The molecule has 0 atom stereocenters. The number of halogens is 2. The third-order valence-corrected chi connectivity index (χ3v) is 4.05. The number of hydrogen-bond acceptors (Lipinski definition) is 4. The van der Waals surface area contributed by atoms with E-state index in [-0.39, 0.29) is 12.5 Å². The smallest absolute Gasteiger partial charge is 0.263 e. The van der Waals surface area contributed by atoms with Gasteiger partial charge < -0.3 is 14.8 Å². The van der Waals surface area contributed by atoms with Crippen molar-refractivity contribution < 1.29 is 14.3 Å². The highest BCUT2D eigenvalue weighted by atomic mass is 35.5. The predicted molar refractivity (Wildman–Crippen MR) is 106 cm³/mol. The van der Waals surface area contributed by atoms with Crippen LogP contribution in [0.2, 0.25) is 10.0 Å². The standard InChI is InChI=1S/C20H16Cl2N2O3/c21-15-8-9-17(16(22)11-15)27-13-19(25)24-20-18(7-4-10-23-20)26-12-14-5-2-1-3-6-14/h1-11H,12-13H2,(H,23,24,25). The van der Waals surface area contributed by atoms with E-state index in [2.05, 4.69) is 10.3 Å². The number of pyridine rings is 1. The molecule has 0 bridgehead atoms. The summed E-state index contributed by atoms with van der Waals surface area (Å²) in [7, 11) is 0. The molecule has 1 aromatic heterocycles. The van der Waals surface area contributed by atoms with Crippen molar-refractivity contribution in [2.45, 2.75) is 6.61 Å². The second-order valence-corrected chi connectivity index (χ2v) is 6.38. The molecule has 0 saturated heterocycles. The number of carbonyl (C=O) groups excluding carboxylic acids is 1. The molecule has 3 rings (SSSR count). The quantitative estimate of drug-likeness (QED) is 0.604. The van der Waals surface area contributed by atoms with Crippen LogP contribution in [0.4, 0.5) is 5.82 Å². The van der Waals surface area contributed by atoms with Crippen LogP contribution in [-0.2, 0) is 11.4 Å². The number of ether oxygens (including phenoxy) is 2. The molecule has 0 aliphatic carbocycles. The number of rotatable bonds is 7. The van der Waals surface area contributed by atoms with Gasteiger partial charge in [0.1, 0.15) is 12.4 Å². The van der Waals surface area contributed by atoms with Gasteiger partial charge in [0.25, 0.3) is 5.91 Å². The molecule has 0 radical (unpaired) electrons. The van der Waals surface area contributed by atoms with Gasteiger partial charge in [0.05, 0.1) is 5.02 Å². The molecule has 2 aromatic carbocycles. The highest BCUT2D eigenvalue weighted by Crippen LogP contribution is 2.27. The van der Waals surface area contributed by atoms with E-state index in [1.54, 1.807) is 36.5 Å². The van der Waals surface area contributed by atoms with Crippen LogP contribution in [0.5, 0.6) is 11.5 Å². The van der Waals surface area contributed by atoms with E-state index in [1.807, 2.05) is 30.3 Å². The molecule has 0 aliphatic heterocycles.